The van der Waals surface area contributed by atoms with E-state index in [9.17, 15) is 20.1 Å². The molecule has 1 amide bonds. The highest BCUT2D eigenvalue weighted by molar-refractivity contribution is 5.76. The van der Waals surface area contributed by atoms with Crippen molar-refractivity contribution in [2.24, 2.45) is 0 Å². The molecule has 0 fully saturated rings. The van der Waals surface area contributed by atoms with E-state index >= 15 is 0 Å². The Labute approximate surface area is 408 Å². The minimum atomic E-state index is -1.15. The molecular weight excluding hydrogens is 799 g/mol. The molecule has 3 unspecified atom stereocenters. The molecule has 0 radical (unpaired) electrons. The van der Waals surface area contributed by atoms with Crippen LogP contribution in [0.1, 0.15) is 341 Å². The lowest BCUT2D eigenvalue weighted by molar-refractivity contribution is -0.124. The molecule has 0 aliphatic heterocycles. The monoisotopic (exact) mass is 918 g/mol. The number of unbranched alkanes of at least 4 members (excludes halogenated alkanes) is 46. The van der Waals surface area contributed by atoms with Crippen LogP contribution < -0.4 is 5.32 Å². The van der Waals surface area contributed by atoms with Gasteiger partial charge in [0.15, 0.2) is 0 Å². The summed E-state index contributed by atoms with van der Waals surface area (Å²) in [6.45, 7) is 4.20. The van der Waals surface area contributed by atoms with E-state index in [1.165, 1.54) is 276 Å². The Kier molecular flexibility index (Phi) is 54.9. The zero-order valence-corrected chi connectivity index (χ0v) is 44.4. The van der Waals surface area contributed by atoms with Gasteiger partial charge < -0.3 is 20.6 Å². The topological polar surface area (TPSA) is 89.8 Å². The van der Waals surface area contributed by atoms with E-state index in [0.29, 0.717) is 12.8 Å². The number of aliphatic hydroxyl groups excluding tert-OH is 3. The van der Waals surface area contributed by atoms with Gasteiger partial charge in [0, 0.05) is 6.42 Å². The molecule has 0 bridgehead atoms. The lowest BCUT2D eigenvalue weighted by Gasteiger charge is -2.26. The Morgan fingerprint density at radius 1 is 0.369 bits per heavy atom. The van der Waals surface area contributed by atoms with E-state index in [1.807, 2.05) is 0 Å². The number of hydrogen-bond acceptors (Lipinski definition) is 4. The number of hydrogen-bond donors (Lipinski definition) is 4. The van der Waals surface area contributed by atoms with Crippen LogP contribution in [0.3, 0.4) is 0 Å². The summed E-state index contributed by atoms with van der Waals surface area (Å²) in [7, 11) is 0. The van der Waals surface area contributed by atoms with E-state index in [1.54, 1.807) is 0 Å². The first-order chi connectivity index (χ1) is 32.1. The summed E-state index contributed by atoms with van der Waals surface area (Å²) in [5.74, 6) is -0.147. The summed E-state index contributed by atoms with van der Waals surface area (Å²) < 4.78 is 0. The highest BCUT2D eigenvalue weighted by Gasteiger charge is 2.26. The third-order valence-corrected chi connectivity index (χ3v) is 14.4. The van der Waals surface area contributed by atoms with E-state index < -0.39 is 18.2 Å². The summed E-state index contributed by atoms with van der Waals surface area (Å²) in [4.78, 5) is 12.5. The molecule has 0 aliphatic carbocycles. The fraction of sp³-hybridized carbons (Fsp3) is 0.950. The summed E-state index contributed by atoms with van der Waals surface area (Å²) in [6.07, 6.45) is 69.8. The Hall–Kier alpha value is -0.910. The number of rotatable bonds is 56. The molecule has 0 aromatic carbocycles. The number of carbonyl (C=O) groups is 1. The molecule has 0 saturated carbocycles. The van der Waals surface area contributed by atoms with Crippen molar-refractivity contribution in [2.45, 2.75) is 360 Å². The van der Waals surface area contributed by atoms with Crippen molar-refractivity contribution < 1.29 is 20.1 Å². The Morgan fingerprint density at radius 2 is 0.615 bits per heavy atom. The van der Waals surface area contributed by atoms with Crippen LogP contribution in [0.4, 0.5) is 0 Å². The second kappa shape index (κ2) is 55.7. The zero-order valence-electron chi connectivity index (χ0n) is 44.4. The number of aliphatic hydroxyl groups is 3. The molecule has 388 valence electrons. The predicted molar refractivity (Wildman–Crippen MR) is 287 cm³/mol. The Morgan fingerprint density at radius 3 is 0.892 bits per heavy atom. The van der Waals surface area contributed by atoms with Crippen molar-refractivity contribution in [1.29, 1.82) is 0 Å². The molecule has 0 spiro atoms. The van der Waals surface area contributed by atoms with Crippen LogP contribution >= 0.6 is 0 Å². The maximum Gasteiger partial charge on any atom is 0.220 e. The van der Waals surface area contributed by atoms with E-state index in [4.69, 9.17) is 0 Å². The average Bonchev–Trinajstić information content (AvgIpc) is 3.31. The van der Waals surface area contributed by atoms with Crippen LogP contribution in [0.5, 0.6) is 0 Å². The first kappa shape index (κ1) is 64.1. The lowest BCUT2D eigenvalue weighted by Crippen LogP contribution is -2.50. The molecule has 0 heterocycles. The van der Waals surface area contributed by atoms with Crippen LogP contribution in [0.25, 0.3) is 0 Å². The fourth-order valence-electron chi connectivity index (χ4n) is 9.76. The van der Waals surface area contributed by atoms with Crippen molar-refractivity contribution in [3.8, 4) is 0 Å². The standard InChI is InChI=1S/C60H119NO4/c1-3-5-7-9-11-13-15-17-19-20-21-22-23-24-25-26-27-28-29-30-31-32-33-34-35-36-37-38-39-40-41-43-45-47-49-51-53-55-59(64)61-57(56-62)60(65)58(63)54-52-50-48-46-44-42-18-16-14-12-10-8-6-4-2/h46,48,57-58,60,62-63,65H,3-45,47,49-56H2,1-2H3,(H,61,64)/b48-46+. The molecule has 3 atom stereocenters. The van der Waals surface area contributed by atoms with E-state index in [0.717, 1.165) is 38.5 Å². The first-order valence-corrected chi connectivity index (χ1v) is 30.0. The number of carbonyl (C=O) groups excluding carboxylic acids is 1. The fourth-order valence-corrected chi connectivity index (χ4v) is 9.76. The van der Waals surface area contributed by atoms with Crippen molar-refractivity contribution in [3.63, 3.8) is 0 Å². The third-order valence-electron chi connectivity index (χ3n) is 14.4. The molecule has 5 heteroatoms. The van der Waals surface area contributed by atoms with Crippen LogP contribution in [0.15, 0.2) is 12.2 Å². The number of allylic oxidation sites excluding steroid dienone is 2. The van der Waals surface area contributed by atoms with Gasteiger partial charge in [-0.05, 0) is 38.5 Å². The van der Waals surface area contributed by atoms with Crippen LogP contribution in [0, 0.1) is 0 Å². The second-order valence-electron chi connectivity index (χ2n) is 20.9. The number of amides is 1. The molecule has 0 aromatic rings. The van der Waals surface area contributed by atoms with Crippen LogP contribution in [0.2, 0.25) is 0 Å². The summed E-state index contributed by atoms with van der Waals surface area (Å²) in [6, 6.07) is -0.822. The van der Waals surface area contributed by atoms with E-state index in [2.05, 4.69) is 31.3 Å². The molecular formula is C60H119NO4. The molecule has 0 rings (SSSR count). The summed E-state index contributed by atoms with van der Waals surface area (Å²) in [5.41, 5.74) is 0. The molecule has 0 aliphatic rings. The largest absolute Gasteiger partial charge is 0.394 e. The van der Waals surface area contributed by atoms with Crippen molar-refractivity contribution in [3.05, 3.63) is 12.2 Å². The van der Waals surface area contributed by atoms with Gasteiger partial charge in [-0.2, -0.15) is 0 Å². The third kappa shape index (κ3) is 50.8. The normalized spacial score (nSPS) is 13.2. The summed E-state index contributed by atoms with van der Waals surface area (Å²) >= 11 is 0. The van der Waals surface area contributed by atoms with Gasteiger partial charge in [-0.1, -0.05) is 309 Å². The SMILES string of the molecule is CCCCCCCCCCC/C=C/CCCC(O)C(O)C(CO)NC(=O)CCCCCCCCCCCCCCCCCCCCCCCCCCCCCCCCCCCCCCC. The highest BCUT2D eigenvalue weighted by Crippen LogP contribution is 2.19. The Balaban J connectivity index is 3.41. The van der Waals surface area contributed by atoms with Gasteiger partial charge >= 0.3 is 0 Å². The van der Waals surface area contributed by atoms with Crippen LogP contribution in [-0.4, -0.2) is 46.1 Å². The van der Waals surface area contributed by atoms with Crippen molar-refractivity contribution in [2.75, 3.05) is 6.61 Å². The van der Waals surface area contributed by atoms with Gasteiger partial charge in [0.2, 0.25) is 5.91 Å². The predicted octanol–water partition coefficient (Wildman–Crippen LogP) is 18.7. The van der Waals surface area contributed by atoms with Gasteiger partial charge in [-0.15, -0.1) is 0 Å². The highest BCUT2D eigenvalue weighted by atomic mass is 16.3. The molecule has 4 N–H and O–H groups in total. The van der Waals surface area contributed by atoms with Gasteiger partial charge in [-0.3, -0.25) is 4.79 Å². The van der Waals surface area contributed by atoms with Gasteiger partial charge in [-0.25, -0.2) is 0 Å². The quantitative estimate of drug-likeness (QED) is 0.0361. The maximum atomic E-state index is 12.5. The molecule has 0 saturated heterocycles. The first-order valence-electron chi connectivity index (χ1n) is 30.0. The van der Waals surface area contributed by atoms with Crippen molar-refractivity contribution >= 4 is 5.91 Å². The van der Waals surface area contributed by atoms with Gasteiger partial charge in [0.25, 0.3) is 0 Å². The lowest BCUT2D eigenvalue weighted by atomic mass is 10.0. The molecule has 0 aromatic heterocycles. The Bertz CT molecular complexity index is 925. The van der Waals surface area contributed by atoms with E-state index in [-0.39, 0.29) is 12.5 Å². The van der Waals surface area contributed by atoms with Crippen molar-refractivity contribution in [1.82, 2.24) is 5.32 Å². The van der Waals surface area contributed by atoms with Gasteiger partial charge in [0.05, 0.1) is 18.8 Å². The minimum Gasteiger partial charge on any atom is -0.394 e. The average molecular weight is 919 g/mol. The molecule has 5 nitrogen and oxygen atoms in total. The zero-order chi connectivity index (χ0) is 47.2. The maximum absolute atomic E-state index is 12.5. The minimum absolute atomic E-state index is 0.147. The van der Waals surface area contributed by atoms with Gasteiger partial charge in [0.1, 0.15) is 6.10 Å². The molecule has 65 heavy (non-hydrogen) atoms. The summed E-state index contributed by atoms with van der Waals surface area (Å²) in [5, 5.41) is 33.6. The smallest absolute Gasteiger partial charge is 0.220 e. The number of nitrogens with one attached hydrogen (secondary N) is 1. The second-order valence-corrected chi connectivity index (χ2v) is 20.9. The van der Waals surface area contributed by atoms with Crippen LogP contribution in [-0.2, 0) is 4.79 Å².